The number of hydrogen-bond donors (Lipinski definition) is 2. The molecule has 0 saturated carbocycles. The molecule has 0 fully saturated rings. The number of anilines is 1. The second-order valence-corrected chi connectivity index (χ2v) is 5.88. The molecule has 26 heavy (non-hydrogen) atoms. The molecular formula is C20H19FN4O. The molecule has 0 bridgehead atoms. The van der Waals surface area contributed by atoms with Crippen molar-refractivity contribution in [1.82, 2.24) is 15.3 Å². The molecule has 0 saturated heterocycles. The molecule has 3 rings (SSSR count). The van der Waals surface area contributed by atoms with E-state index in [4.69, 9.17) is 0 Å². The van der Waals surface area contributed by atoms with Crippen LogP contribution in [0.3, 0.4) is 0 Å². The maximum Gasteiger partial charge on any atom is 0.254 e. The number of nitrogens with zero attached hydrogens (tertiary/aromatic N) is 2. The minimum absolute atomic E-state index is 0.0503. The van der Waals surface area contributed by atoms with Gasteiger partial charge in [-0.25, -0.2) is 14.4 Å². The smallest absolute Gasteiger partial charge is 0.254 e. The normalized spacial score (nSPS) is 11.6. The summed E-state index contributed by atoms with van der Waals surface area (Å²) in [6.07, 6.45) is 2.96. The van der Waals surface area contributed by atoms with Crippen molar-refractivity contribution in [2.24, 2.45) is 0 Å². The highest BCUT2D eigenvalue weighted by Crippen LogP contribution is 2.16. The quantitative estimate of drug-likeness (QED) is 0.711. The molecule has 0 aliphatic rings. The van der Waals surface area contributed by atoms with E-state index in [9.17, 15) is 9.18 Å². The number of hydrogen-bond acceptors (Lipinski definition) is 4. The lowest BCUT2D eigenvalue weighted by Gasteiger charge is -2.14. The summed E-state index contributed by atoms with van der Waals surface area (Å²) in [4.78, 5) is 20.6. The van der Waals surface area contributed by atoms with Gasteiger partial charge in [0.15, 0.2) is 0 Å². The Hall–Kier alpha value is -3.28. The molecule has 2 aromatic carbocycles. The molecule has 3 aromatic rings. The van der Waals surface area contributed by atoms with Gasteiger partial charge in [-0.15, -0.1) is 0 Å². The Morgan fingerprint density at radius 3 is 2.35 bits per heavy atom. The van der Waals surface area contributed by atoms with E-state index in [2.05, 4.69) is 20.6 Å². The largest absolute Gasteiger partial charge is 0.348 e. The zero-order valence-electron chi connectivity index (χ0n) is 14.3. The fraction of sp³-hybridized carbons (Fsp3) is 0.150. The van der Waals surface area contributed by atoms with E-state index in [1.54, 1.807) is 12.1 Å². The summed E-state index contributed by atoms with van der Waals surface area (Å²) in [5.74, 6) is -0.130. The van der Waals surface area contributed by atoms with Crippen molar-refractivity contribution in [2.45, 2.75) is 19.5 Å². The molecule has 1 amide bonds. The lowest BCUT2D eigenvalue weighted by molar-refractivity contribution is 0.0950. The monoisotopic (exact) mass is 350 g/mol. The summed E-state index contributed by atoms with van der Waals surface area (Å²) in [6, 6.07) is 16.0. The lowest BCUT2D eigenvalue weighted by Crippen LogP contribution is -2.23. The molecule has 0 spiro atoms. The fourth-order valence-corrected chi connectivity index (χ4v) is 2.43. The summed E-state index contributed by atoms with van der Waals surface area (Å²) < 4.78 is 12.9. The highest BCUT2D eigenvalue weighted by atomic mass is 19.1. The van der Waals surface area contributed by atoms with Gasteiger partial charge in [0, 0.05) is 18.9 Å². The van der Waals surface area contributed by atoms with E-state index in [1.165, 1.54) is 24.5 Å². The van der Waals surface area contributed by atoms with E-state index < -0.39 is 0 Å². The van der Waals surface area contributed by atoms with Gasteiger partial charge >= 0.3 is 0 Å². The average Bonchev–Trinajstić information content (AvgIpc) is 2.68. The van der Waals surface area contributed by atoms with Crippen LogP contribution in [0.2, 0.25) is 0 Å². The molecule has 1 unspecified atom stereocenters. The standard InChI is InChI=1S/C20H19FN4O/c1-14(16-5-3-2-4-6-16)25-20-23-12-17(13-24-20)19(26)22-11-15-7-9-18(21)10-8-15/h2-10,12-14H,11H2,1H3,(H,22,26)(H,23,24,25). The first-order chi connectivity index (χ1) is 12.6. The van der Waals surface area contributed by atoms with Gasteiger partial charge in [0.05, 0.1) is 11.6 Å². The van der Waals surface area contributed by atoms with Gasteiger partial charge in [0.1, 0.15) is 5.82 Å². The SMILES string of the molecule is CC(Nc1ncc(C(=O)NCc2ccc(F)cc2)cn1)c1ccccc1. The van der Waals surface area contributed by atoms with Crippen LogP contribution < -0.4 is 10.6 Å². The molecule has 1 heterocycles. The van der Waals surface area contributed by atoms with Crippen molar-refractivity contribution in [1.29, 1.82) is 0 Å². The van der Waals surface area contributed by atoms with E-state index in [0.29, 0.717) is 18.1 Å². The minimum Gasteiger partial charge on any atom is -0.348 e. The summed E-state index contributed by atoms with van der Waals surface area (Å²) >= 11 is 0. The Morgan fingerprint density at radius 1 is 1.04 bits per heavy atom. The van der Waals surface area contributed by atoms with Crippen LogP contribution in [0, 0.1) is 5.82 Å². The fourth-order valence-electron chi connectivity index (χ4n) is 2.43. The predicted octanol–water partition coefficient (Wildman–Crippen LogP) is 3.72. The van der Waals surface area contributed by atoms with Gasteiger partial charge in [0.2, 0.25) is 5.95 Å². The summed E-state index contributed by atoms with van der Waals surface area (Å²) in [6.45, 7) is 2.33. The van der Waals surface area contributed by atoms with Crippen molar-refractivity contribution in [3.63, 3.8) is 0 Å². The molecule has 0 aliphatic carbocycles. The molecule has 1 aromatic heterocycles. The van der Waals surface area contributed by atoms with Crippen molar-refractivity contribution < 1.29 is 9.18 Å². The number of rotatable bonds is 6. The zero-order valence-corrected chi connectivity index (χ0v) is 14.3. The Bertz CT molecular complexity index is 851. The Labute approximate surface area is 151 Å². The molecule has 6 heteroatoms. The van der Waals surface area contributed by atoms with Gasteiger partial charge in [-0.05, 0) is 30.2 Å². The van der Waals surface area contributed by atoms with E-state index in [1.807, 2.05) is 37.3 Å². The van der Waals surface area contributed by atoms with Gasteiger partial charge in [-0.3, -0.25) is 4.79 Å². The molecule has 5 nitrogen and oxygen atoms in total. The third-order valence-corrected chi connectivity index (χ3v) is 3.93. The Balaban J connectivity index is 1.56. The lowest BCUT2D eigenvalue weighted by atomic mass is 10.1. The zero-order chi connectivity index (χ0) is 18.4. The van der Waals surface area contributed by atoms with Gasteiger partial charge in [0.25, 0.3) is 5.91 Å². The van der Waals surface area contributed by atoms with Crippen LogP contribution in [0.4, 0.5) is 10.3 Å². The minimum atomic E-state index is -0.304. The molecule has 132 valence electrons. The van der Waals surface area contributed by atoms with Crippen LogP contribution in [0.1, 0.15) is 34.5 Å². The highest BCUT2D eigenvalue weighted by molar-refractivity contribution is 5.93. The van der Waals surface area contributed by atoms with E-state index >= 15 is 0 Å². The highest BCUT2D eigenvalue weighted by Gasteiger charge is 2.09. The van der Waals surface area contributed by atoms with Crippen molar-refractivity contribution >= 4 is 11.9 Å². The first-order valence-electron chi connectivity index (χ1n) is 8.28. The van der Waals surface area contributed by atoms with Crippen molar-refractivity contribution in [3.05, 3.63) is 89.5 Å². The van der Waals surface area contributed by atoms with E-state index in [0.717, 1.165) is 11.1 Å². The molecule has 0 radical (unpaired) electrons. The molecule has 0 aliphatic heterocycles. The number of halogens is 1. The second-order valence-electron chi connectivity index (χ2n) is 5.88. The Morgan fingerprint density at radius 2 is 1.69 bits per heavy atom. The number of amides is 1. The van der Waals surface area contributed by atoms with E-state index in [-0.39, 0.29) is 17.8 Å². The molecule has 1 atom stereocenters. The number of benzene rings is 2. The van der Waals surface area contributed by atoms with Crippen LogP contribution in [0.25, 0.3) is 0 Å². The van der Waals surface area contributed by atoms with Crippen molar-refractivity contribution in [3.8, 4) is 0 Å². The van der Waals surface area contributed by atoms with Crippen LogP contribution in [-0.4, -0.2) is 15.9 Å². The first kappa shape index (κ1) is 17.5. The Kier molecular flexibility index (Phi) is 5.53. The average molecular weight is 350 g/mol. The summed E-state index contributed by atoms with van der Waals surface area (Å²) in [7, 11) is 0. The van der Waals surface area contributed by atoms with Gasteiger partial charge < -0.3 is 10.6 Å². The topological polar surface area (TPSA) is 66.9 Å². The summed E-state index contributed by atoms with van der Waals surface area (Å²) in [5.41, 5.74) is 2.30. The maximum absolute atomic E-state index is 12.9. The third kappa shape index (κ3) is 4.63. The predicted molar refractivity (Wildman–Crippen MR) is 98.1 cm³/mol. The van der Waals surface area contributed by atoms with Crippen molar-refractivity contribution in [2.75, 3.05) is 5.32 Å². The van der Waals surface area contributed by atoms with Gasteiger partial charge in [-0.1, -0.05) is 42.5 Å². The van der Waals surface area contributed by atoms with Crippen LogP contribution >= 0.6 is 0 Å². The number of nitrogens with one attached hydrogen (secondary N) is 2. The number of carbonyl (C=O) groups excluding carboxylic acids is 1. The molecular weight excluding hydrogens is 331 g/mol. The first-order valence-corrected chi connectivity index (χ1v) is 8.28. The third-order valence-electron chi connectivity index (χ3n) is 3.93. The number of aromatic nitrogens is 2. The summed E-state index contributed by atoms with van der Waals surface area (Å²) in [5, 5.41) is 5.96. The van der Waals surface area contributed by atoms with Crippen LogP contribution in [0.5, 0.6) is 0 Å². The maximum atomic E-state index is 12.9. The van der Waals surface area contributed by atoms with Crippen LogP contribution in [0.15, 0.2) is 67.0 Å². The second kappa shape index (κ2) is 8.20. The van der Waals surface area contributed by atoms with Crippen LogP contribution in [-0.2, 0) is 6.54 Å². The number of carbonyl (C=O) groups is 1. The molecule has 2 N–H and O–H groups in total. The van der Waals surface area contributed by atoms with Gasteiger partial charge in [-0.2, -0.15) is 0 Å².